The van der Waals surface area contributed by atoms with Crippen LogP contribution >= 0.6 is 0 Å². The molecule has 1 unspecified atom stereocenters. The molecule has 0 N–H and O–H groups in total. The van der Waals surface area contributed by atoms with Crippen molar-refractivity contribution in [2.24, 2.45) is 4.99 Å². The third kappa shape index (κ3) is 3.01. The molecule has 3 rings (SSSR count). The highest BCUT2D eigenvalue weighted by atomic mass is 16.5. The highest BCUT2D eigenvalue weighted by molar-refractivity contribution is 5.93. The van der Waals surface area contributed by atoms with Gasteiger partial charge in [-0.15, -0.1) is 0 Å². The SMILES string of the molecule is C=C(CCC)C1COC(C(C)(c2ccccc2)c2ccccc2)=N1. The molecule has 2 aromatic carbocycles. The maximum atomic E-state index is 6.10. The van der Waals surface area contributed by atoms with E-state index in [-0.39, 0.29) is 11.5 Å². The van der Waals surface area contributed by atoms with Crippen LogP contribution in [0.25, 0.3) is 0 Å². The molecule has 124 valence electrons. The van der Waals surface area contributed by atoms with Gasteiger partial charge in [-0.2, -0.15) is 0 Å². The van der Waals surface area contributed by atoms with Crippen molar-refractivity contribution < 1.29 is 4.74 Å². The van der Waals surface area contributed by atoms with Crippen LogP contribution in [-0.2, 0) is 10.2 Å². The zero-order chi connectivity index (χ0) is 17.0. The van der Waals surface area contributed by atoms with Crippen molar-refractivity contribution in [2.75, 3.05) is 6.61 Å². The van der Waals surface area contributed by atoms with Crippen LogP contribution < -0.4 is 0 Å². The molecule has 2 heteroatoms. The van der Waals surface area contributed by atoms with Crippen LogP contribution in [0.15, 0.2) is 77.8 Å². The normalized spacial score (nSPS) is 17.2. The maximum absolute atomic E-state index is 6.10. The van der Waals surface area contributed by atoms with Crippen LogP contribution in [0.2, 0.25) is 0 Å². The Morgan fingerprint density at radius 1 is 1.08 bits per heavy atom. The molecular weight excluding hydrogens is 294 g/mol. The second-order valence-corrected chi connectivity index (χ2v) is 6.53. The number of ether oxygens (including phenoxy) is 1. The second-order valence-electron chi connectivity index (χ2n) is 6.53. The minimum absolute atomic E-state index is 0.0756. The van der Waals surface area contributed by atoms with Crippen LogP contribution in [0.4, 0.5) is 0 Å². The molecular formula is C22H25NO. The van der Waals surface area contributed by atoms with E-state index >= 15 is 0 Å². The third-order valence-electron chi connectivity index (χ3n) is 4.82. The molecule has 0 spiro atoms. The molecule has 1 atom stereocenters. The fourth-order valence-electron chi connectivity index (χ4n) is 3.30. The minimum atomic E-state index is -0.385. The summed E-state index contributed by atoms with van der Waals surface area (Å²) in [6, 6.07) is 21.0. The lowest BCUT2D eigenvalue weighted by molar-refractivity contribution is 0.305. The van der Waals surface area contributed by atoms with E-state index in [0.29, 0.717) is 6.61 Å². The van der Waals surface area contributed by atoms with E-state index < -0.39 is 0 Å². The van der Waals surface area contributed by atoms with E-state index in [0.717, 1.165) is 24.3 Å². The summed E-state index contributed by atoms with van der Waals surface area (Å²) in [5.41, 5.74) is 3.16. The Bertz CT molecular complexity index is 679. The summed E-state index contributed by atoms with van der Waals surface area (Å²) in [4.78, 5) is 4.93. The molecule has 0 aliphatic carbocycles. The van der Waals surface area contributed by atoms with E-state index in [1.54, 1.807) is 0 Å². The van der Waals surface area contributed by atoms with Crippen molar-refractivity contribution >= 4 is 5.90 Å². The van der Waals surface area contributed by atoms with E-state index in [1.807, 2.05) is 12.1 Å². The van der Waals surface area contributed by atoms with Crippen LogP contribution in [-0.4, -0.2) is 18.5 Å². The summed E-state index contributed by atoms with van der Waals surface area (Å²) in [6.07, 6.45) is 2.09. The van der Waals surface area contributed by atoms with Gasteiger partial charge in [0.15, 0.2) is 5.90 Å². The number of benzene rings is 2. The number of aliphatic imine (C=N–C) groups is 1. The molecule has 0 radical (unpaired) electrons. The van der Waals surface area contributed by atoms with Gasteiger partial charge in [0.1, 0.15) is 12.6 Å². The first-order valence-electron chi connectivity index (χ1n) is 8.66. The number of hydrogen-bond acceptors (Lipinski definition) is 2. The predicted octanol–water partition coefficient (Wildman–Crippen LogP) is 5.15. The monoisotopic (exact) mass is 319 g/mol. The van der Waals surface area contributed by atoms with Gasteiger partial charge in [-0.05, 0) is 30.0 Å². The molecule has 1 aliphatic heterocycles. The van der Waals surface area contributed by atoms with Gasteiger partial charge in [0, 0.05) is 0 Å². The highest BCUT2D eigenvalue weighted by Crippen LogP contribution is 2.36. The van der Waals surface area contributed by atoms with E-state index in [1.165, 1.54) is 11.1 Å². The fraction of sp³-hybridized carbons (Fsp3) is 0.318. The topological polar surface area (TPSA) is 21.6 Å². The smallest absolute Gasteiger partial charge is 0.199 e. The Balaban J connectivity index is 2.04. The molecule has 0 aromatic heterocycles. The molecule has 0 saturated carbocycles. The second kappa shape index (κ2) is 7.04. The molecule has 0 saturated heterocycles. The van der Waals surface area contributed by atoms with Crippen LogP contribution in [0, 0.1) is 0 Å². The van der Waals surface area contributed by atoms with Crippen molar-refractivity contribution in [1.29, 1.82) is 0 Å². The van der Waals surface area contributed by atoms with Crippen molar-refractivity contribution in [3.8, 4) is 0 Å². The average Bonchev–Trinajstić information content (AvgIpc) is 3.13. The molecule has 24 heavy (non-hydrogen) atoms. The first-order chi connectivity index (χ1) is 11.7. The summed E-state index contributed by atoms with van der Waals surface area (Å²) >= 11 is 0. The van der Waals surface area contributed by atoms with Gasteiger partial charge in [0.2, 0.25) is 0 Å². The Kier molecular flexibility index (Phi) is 4.84. The van der Waals surface area contributed by atoms with Gasteiger partial charge in [-0.1, -0.05) is 80.6 Å². The zero-order valence-corrected chi connectivity index (χ0v) is 14.5. The van der Waals surface area contributed by atoms with Gasteiger partial charge >= 0.3 is 0 Å². The lowest BCUT2D eigenvalue weighted by Gasteiger charge is -2.30. The van der Waals surface area contributed by atoms with E-state index in [2.05, 4.69) is 69.0 Å². The lowest BCUT2D eigenvalue weighted by atomic mass is 9.76. The van der Waals surface area contributed by atoms with Gasteiger partial charge in [-0.25, -0.2) is 4.99 Å². The number of nitrogens with zero attached hydrogens (tertiary/aromatic N) is 1. The number of hydrogen-bond donors (Lipinski definition) is 0. The van der Waals surface area contributed by atoms with Crippen molar-refractivity contribution in [1.82, 2.24) is 0 Å². The van der Waals surface area contributed by atoms with E-state index in [9.17, 15) is 0 Å². The Labute approximate surface area is 144 Å². The molecule has 2 nitrogen and oxygen atoms in total. The molecule has 1 aliphatic rings. The summed E-state index contributed by atoms with van der Waals surface area (Å²) < 4.78 is 6.10. The Morgan fingerprint density at radius 2 is 1.62 bits per heavy atom. The van der Waals surface area contributed by atoms with Crippen LogP contribution in [0.1, 0.15) is 37.8 Å². The van der Waals surface area contributed by atoms with Crippen molar-refractivity contribution in [3.63, 3.8) is 0 Å². The number of rotatable bonds is 6. The fourth-order valence-corrected chi connectivity index (χ4v) is 3.30. The average molecular weight is 319 g/mol. The Hall–Kier alpha value is -2.35. The highest BCUT2D eigenvalue weighted by Gasteiger charge is 2.40. The van der Waals surface area contributed by atoms with Crippen LogP contribution in [0.3, 0.4) is 0 Å². The van der Waals surface area contributed by atoms with Crippen molar-refractivity contribution in [2.45, 2.75) is 38.1 Å². The van der Waals surface area contributed by atoms with Gasteiger partial charge < -0.3 is 4.74 Å². The standard InChI is InChI=1S/C22H25NO/c1-4-11-17(2)20-16-24-21(23-20)22(3,18-12-7-5-8-13-18)19-14-9-6-10-15-19/h5-10,12-15,20H,2,4,11,16H2,1,3H3. The van der Waals surface area contributed by atoms with Crippen molar-refractivity contribution in [3.05, 3.63) is 83.9 Å². The lowest BCUT2D eigenvalue weighted by Crippen LogP contribution is -2.34. The quantitative estimate of drug-likeness (QED) is 0.675. The summed E-state index contributed by atoms with van der Waals surface area (Å²) in [5, 5.41) is 0. The van der Waals surface area contributed by atoms with Crippen LogP contribution in [0.5, 0.6) is 0 Å². The maximum Gasteiger partial charge on any atom is 0.199 e. The largest absolute Gasteiger partial charge is 0.477 e. The molecule has 0 bridgehead atoms. The predicted molar refractivity (Wildman–Crippen MR) is 101 cm³/mol. The molecule has 0 fully saturated rings. The summed E-state index contributed by atoms with van der Waals surface area (Å²) in [5.74, 6) is 0.794. The first-order valence-corrected chi connectivity index (χ1v) is 8.66. The summed E-state index contributed by atoms with van der Waals surface area (Å²) in [7, 11) is 0. The van der Waals surface area contributed by atoms with Gasteiger partial charge in [0.05, 0.1) is 5.41 Å². The molecule has 2 aromatic rings. The first kappa shape index (κ1) is 16.5. The summed E-state index contributed by atoms with van der Waals surface area (Å²) in [6.45, 7) is 9.17. The minimum Gasteiger partial charge on any atom is -0.477 e. The zero-order valence-electron chi connectivity index (χ0n) is 14.5. The van der Waals surface area contributed by atoms with Gasteiger partial charge in [0.25, 0.3) is 0 Å². The molecule has 0 amide bonds. The third-order valence-corrected chi connectivity index (χ3v) is 4.82. The van der Waals surface area contributed by atoms with Gasteiger partial charge in [-0.3, -0.25) is 0 Å². The Morgan fingerprint density at radius 3 is 2.12 bits per heavy atom. The molecule has 1 heterocycles. The van der Waals surface area contributed by atoms with E-state index in [4.69, 9.17) is 9.73 Å².